The van der Waals surface area contributed by atoms with Crippen molar-refractivity contribution in [1.82, 2.24) is 9.88 Å². The van der Waals surface area contributed by atoms with Crippen LogP contribution in [0.15, 0.2) is 48.7 Å². The molecule has 1 saturated carbocycles. The van der Waals surface area contributed by atoms with Crippen LogP contribution in [0, 0.1) is 5.92 Å². The molecule has 1 fully saturated rings. The number of benzene rings is 1. The largest absolute Gasteiger partial charge is 0.485 e. The quantitative estimate of drug-likeness (QED) is 0.807. The molecule has 0 spiro atoms. The molecular weight excluding hydrogens is 340 g/mol. The summed E-state index contributed by atoms with van der Waals surface area (Å²) in [5.41, 5.74) is 0.902. The minimum atomic E-state index is -0.604. The second kappa shape index (κ2) is 8.42. The van der Waals surface area contributed by atoms with Crippen LogP contribution in [0.25, 0.3) is 0 Å². The molecule has 0 bridgehead atoms. The lowest BCUT2D eigenvalue weighted by molar-refractivity contribution is -0.142. The summed E-state index contributed by atoms with van der Waals surface area (Å²) >= 11 is 0. The van der Waals surface area contributed by atoms with Crippen molar-refractivity contribution in [2.45, 2.75) is 44.8 Å². The lowest BCUT2D eigenvalue weighted by Gasteiger charge is -2.33. The maximum absolute atomic E-state index is 13.3. The molecule has 1 aliphatic heterocycles. The van der Waals surface area contributed by atoms with Crippen LogP contribution in [0.3, 0.4) is 0 Å². The van der Waals surface area contributed by atoms with E-state index in [1.807, 2.05) is 47.4 Å². The number of para-hydroxylation sites is 2. The Morgan fingerprint density at radius 1 is 1.04 bits per heavy atom. The van der Waals surface area contributed by atoms with Gasteiger partial charge in [0, 0.05) is 12.7 Å². The number of carbonyl (C=O) groups excluding carboxylic acids is 1. The van der Waals surface area contributed by atoms with Gasteiger partial charge in [-0.3, -0.25) is 9.78 Å². The fourth-order valence-corrected chi connectivity index (χ4v) is 3.95. The third kappa shape index (κ3) is 4.41. The van der Waals surface area contributed by atoms with E-state index >= 15 is 0 Å². The van der Waals surface area contributed by atoms with Crippen molar-refractivity contribution in [1.29, 1.82) is 0 Å². The summed E-state index contributed by atoms with van der Waals surface area (Å²) in [6, 6.07) is 13.3. The van der Waals surface area contributed by atoms with Gasteiger partial charge in [0.2, 0.25) is 6.10 Å². The van der Waals surface area contributed by atoms with E-state index in [1.54, 1.807) is 6.20 Å². The molecule has 0 radical (unpaired) electrons. The zero-order chi connectivity index (χ0) is 18.5. The van der Waals surface area contributed by atoms with Gasteiger partial charge in [0.1, 0.15) is 6.61 Å². The number of ether oxygens (including phenoxy) is 2. The van der Waals surface area contributed by atoms with E-state index in [-0.39, 0.29) is 12.5 Å². The Hall–Kier alpha value is -2.56. The van der Waals surface area contributed by atoms with E-state index in [4.69, 9.17) is 9.47 Å². The zero-order valence-electron chi connectivity index (χ0n) is 15.5. The van der Waals surface area contributed by atoms with Crippen molar-refractivity contribution in [2.24, 2.45) is 5.92 Å². The molecule has 27 heavy (non-hydrogen) atoms. The van der Waals surface area contributed by atoms with E-state index in [0.29, 0.717) is 24.0 Å². The maximum atomic E-state index is 13.3. The van der Waals surface area contributed by atoms with Crippen LogP contribution < -0.4 is 9.47 Å². The SMILES string of the molecule is O=C([C@@H]1COc2ccccc2O1)N(Cc1ccccn1)CC1CCCCC1. The molecule has 5 heteroatoms. The van der Waals surface area contributed by atoms with Crippen molar-refractivity contribution in [3.8, 4) is 11.5 Å². The van der Waals surface area contributed by atoms with E-state index in [9.17, 15) is 4.79 Å². The standard InChI is InChI=1S/C22H26N2O3/c25-22(21-16-26-19-11-4-5-12-20(19)27-21)24(14-17-8-2-1-3-9-17)15-18-10-6-7-13-23-18/h4-7,10-13,17,21H,1-3,8-9,14-16H2/t21-/m0/s1. The summed E-state index contributed by atoms with van der Waals surface area (Å²) in [5.74, 6) is 1.88. The minimum absolute atomic E-state index is 0.0132. The van der Waals surface area contributed by atoms with Crippen molar-refractivity contribution < 1.29 is 14.3 Å². The molecule has 2 aromatic rings. The highest BCUT2D eigenvalue weighted by atomic mass is 16.6. The first-order valence-electron chi connectivity index (χ1n) is 9.87. The number of amides is 1. The van der Waals surface area contributed by atoms with Gasteiger partial charge in [0.05, 0.1) is 12.2 Å². The normalized spacial score (nSPS) is 19.5. The highest BCUT2D eigenvalue weighted by Gasteiger charge is 2.32. The lowest BCUT2D eigenvalue weighted by Crippen LogP contribution is -2.47. The molecule has 0 saturated heterocycles. The van der Waals surface area contributed by atoms with Crippen molar-refractivity contribution in [3.63, 3.8) is 0 Å². The number of fused-ring (bicyclic) bond motifs is 1. The molecule has 1 aromatic carbocycles. The monoisotopic (exact) mass is 366 g/mol. The highest BCUT2D eigenvalue weighted by Crippen LogP contribution is 2.32. The number of hydrogen-bond donors (Lipinski definition) is 0. The first-order valence-corrected chi connectivity index (χ1v) is 9.87. The van der Waals surface area contributed by atoms with Gasteiger partial charge >= 0.3 is 0 Å². The number of hydrogen-bond acceptors (Lipinski definition) is 4. The van der Waals surface area contributed by atoms with Crippen LogP contribution in [-0.4, -0.2) is 35.0 Å². The predicted octanol–water partition coefficient (Wildman–Crippen LogP) is 3.83. The first-order chi connectivity index (χ1) is 13.3. The Kier molecular flexibility index (Phi) is 5.56. The third-order valence-corrected chi connectivity index (χ3v) is 5.38. The average Bonchev–Trinajstić information content (AvgIpc) is 2.74. The summed E-state index contributed by atoms with van der Waals surface area (Å²) < 4.78 is 11.7. The first kappa shape index (κ1) is 17.8. The highest BCUT2D eigenvalue weighted by molar-refractivity contribution is 5.82. The molecule has 1 aliphatic carbocycles. The van der Waals surface area contributed by atoms with Gasteiger partial charge in [-0.15, -0.1) is 0 Å². The second-order valence-electron chi connectivity index (χ2n) is 7.41. The zero-order valence-corrected chi connectivity index (χ0v) is 15.5. The summed E-state index contributed by atoms with van der Waals surface area (Å²) in [6.07, 6.45) is 7.37. The molecule has 0 N–H and O–H groups in total. The third-order valence-electron chi connectivity index (χ3n) is 5.38. The number of carbonyl (C=O) groups is 1. The Morgan fingerprint density at radius 2 is 1.81 bits per heavy atom. The second-order valence-corrected chi connectivity index (χ2v) is 7.41. The fraction of sp³-hybridized carbons (Fsp3) is 0.455. The van der Waals surface area contributed by atoms with Gasteiger partial charge in [-0.2, -0.15) is 0 Å². The molecule has 1 atom stereocenters. The van der Waals surface area contributed by atoms with Gasteiger partial charge in [-0.25, -0.2) is 0 Å². The van der Waals surface area contributed by atoms with Gasteiger partial charge in [0.25, 0.3) is 5.91 Å². The van der Waals surface area contributed by atoms with Crippen molar-refractivity contribution in [3.05, 3.63) is 54.4 Å². The van der Waals surface area contributed by atoms with E-state index in [2.05, 4.69) is 4.98 Å². The molecule has 0 unspecified atom stereocenters. The molecule has 142 valence electrons. The predicted molar refractivity (Wildman–Crippen MR) is 103 cm³/mol. The molecule has 1 amide bonds. The number of rotatable bonds is 5. The van der Waals surface area contributed by atoms with Crippen LogP contribution in [0.5, 0.6) is 11.5 Å². The van der Waals surface area contributed by atoms with E-state index in [0.717, 1.165) is 12.2 Å². The summed E-state index contributed by atoms with van der Waals surface area (Å²) in [5, 5.41) is 0. The maximum Gasteiger partial charge on any atom is 0.267 e. The Morgan fingerprint density at radius 3 is 2.59 bits per heavy atom. The molecule has 4 rings (SSSR count). The number of pyridine rings is 1. The van der Waals surface area contributed by atoms with Gasteiger partial charge in [-0.1, -0.05) is 37.5 Å². The molecule has 2 heterocycles. The molecule has 5 nitrogen and oxygen atoms in total. The number of nitrogens with zero attached hydrogens (tertiary/aromatic N) is 2. The topological polar surface area (TPSA) is 51.7 Å². The molecule has 1 aromatic heterocycles. The van der Waals surface area contributed by atoms with Crippen LogP contribution >= 0.6 is 0 Å². The summed E-state index contributed by atoms with van der Waals surface area (Å²) in [7, 11) is 0. The van der Waals surface area contributed by atoms with Crippen LogP contribution in [-0.2, 0) is 11.3 Å². The number of aromatic nitrogens is 1. The lowest BCUT2D eigenvalue weighted by atomic mass is 9.89. The molecule has 2 aliphatic rings. The minimum Gasteiger partial charge on any atom is -0.485 e. The van der Waals surface area contributed by atoms with Crippen molar-refractivity contribution in [2.75, 3.05) is 13.2 Å². The van der Waals surface area contributed by atoms with E-state index in [1.165, 1.54) is 32.1 Å². The molecular formula is C22H26N2O3. The Labute approximate surface area is 160 Å². The van der Waals surface area contributed by atoms with Crippen LogP contribution in [0.2, 0.25) is 0 Å². The van der Waals surface area contributed by atoms with Gasteiger partial charge < -0.3 is 14.4 Å². The van der Waals surface area contributed by atoms with Gasteiger partial charge in [-0.05, 0) is 43.0 Å². The Bertz CT molecular complexity index is 759. The fourth-order valence-electron chi connectivity index (χ4n) is 3.95. The summed E-state index contributed by atoms with van der Waals surface area (Å²) in [6.45, 7) is 1.52. The van der Waals surface area contributed by atoms with E-state index < -0.39 is 6.10 Å². The van der Waals surface area contributed by atoms with Crippen molar-refractivity contribution >= 4 is 5.91 Å². The summed E-state index contributed by atoms with van der Waals surface area (Å²) in [4.78, 5) is 19.6. The van der Waals surface area contributed by atoms with Crippen LogP contribution in [0.1, 0.15) is 37.8 Å². The van der Waals surface area contributed by atoms with Crippen LogP contribution in [0.4, 0.5) is 0 Å². The van der Waals surface area contributed by atoms with Gasteiger partial charge in [0.15, 0.2) is 11.5 Å². The Balaban J connectivity index is 1.49. The average molecular weight is 366 g/mol. The smallest absolute Gasteiger partial charge is 0.267 e.